The Morgan fingerprint density at radius 2 is 1.34 bits per heavy atom. The van der Waals surface area contributed by atoms with Crippen molar-refractivity contribution in [2.24, 2.45) is 0 Å². The molecule has 1 aliphatic heterocycles. The van der Waals surface area contributed by atoms with Crippen molar-refractivity contribution in [3.8, 4) is 0 Å². The van der Waals surface area contributed by atoms with Crippen LogP contribution in [0.15, 0.2) is 12.2 Å². The maximum Gasteiger partial charge on any atom is 0.220 e. The van der Waals surface area contributed by atoms with Gasteiger partial charge in [-0.1, -0.05) is 122 Å². The molecular weight excluding hydrogens is 526 g/mol. The Hall–Kier alpha value is -1.07. The first kappa shape index (κ1) is 38.0. The number of aliphatic hydroxyl groups excluding tert-OH is 5. The molecule has 0 aromatic carbocycles. The highest BCUT2D eigenvalue weighted by Crippen LogP contribution is 2.22. The Labute approximate surface area is 248 Å². The summed E-state index contributed by atoms with van der Waals surface area (Å²) in [5, 5.41) is 53.2. The van der Waals surface area contributed by atoms with Gasteiger partial charge in [-0.05, 0) is 12.8 Å². The zero-order valence-corrected chi connectivity index (χ0v) is 25.8. The number of nitrogens with one attached hydrogen (secondary N) is 1. The van der Waals surface area contributed by atoms with Crippen LogP contribution in [0, 0.1) is 0 Å². The minimum Gasteiger partial charge on any atom is -0.394 e. The van der Waals surface area contributed by atoms with Gasteiger partial charge in [0.15, 0.2) is 6.29 Å². The third kappa shape index (κ3) is 17.0. The average molecular weight is 588 g/mol. The second-order valence-electron chi connectivity index (χ2n) is 11.6. The van der Waals surface area contributed by atoms with E-state index >= 15 is 0 Å². The fraction of sp³-hybridized carbons (Fsp3) is 0.906. The lowest BCUT2D eigenvalue weighted by molar-refractivity contribution is -0.302. The van der Waals surface area contributed by atoms with E-state index in [0.717, 1.165) is 38.5 Å². The van der Waals surface area contributed by atoms with Crippen LogP contribution >= 0.6 is 0 Å². The molecule has 1 heterocycles. The predicted octanol–water partition coefficient (Wildman–Crippen LogP) is 4.27. The van der Waals surface area contributed by atoms with Crippen LogP contribution in [-0.2, 0) is 14.3 Å². The third-order valence-electron chi connectivity index (χ3n) is 7.86. The van der Waals surface area contributed by atoms with Crippen molar-refractivity contribution in [1.82, 2.24) is 5.32 Å². The van der Waals surface area contributed by atoms with E-state index < -0.39 is 49.5 Å². The number of ether oxygens (including phenoxy) is 2. The van der Waals surface area contributed by atoms with Crippen molar-refractivity contribution in [3.63, 3.8) is 0 Å². The summed E-state index contributed by atoms with van der Waals surface area (Å²) in [6.45, 7) is 3.58. The summed E-state index contributed by atoms with van der Waals surface area (Å²) in [6, 6.07) is -0.792. The number of allylic oxidation sites excluding steroid dienone is 1. The van der Waals surface area contributed by atoms with E-state index in [0.29, 0.717) is 6.42 Å². The van der Waals surface area contributed by atoms with Gasteiger partial charge in [0.25, 0.3) is 0 Å². The van der Waals surface area contributed by atoms with E-state index in [-0.39, 0.29) is 12.5 Å². The predicted molar refractivity (Wildman–Crippen MR) is 161 cm³/mol. The van der Waals surface area contributed by atoms with Crippen LogP contribution in [0.2, 0.25) is 0 Å². The van der Waals surface area contributed by atoms with Gasteiger partial charge in [-0.15, -0.1) is 0 Å². The van der Waals surface area contributed by atoms with E-state index in [9.17, 15) is 30.3 Å². The molecule has 1 rings (SSSR count). The Morgan fingerprint density at radius 3 is 1.88 bits per heavy atom. The van der Waals surface area contributed by atoms with Gasteiger partial charge >= 0.3 is 0 Å². The van der Waals surface area contributed by atoms with Crippen molar-refractivity contribution in [2.45, 2.75) is 172 Å². The number of hydrogen-bond acceptors (Lipinski definition) is 8. The Kier molecular flexibility index (Phi) is 22.6. The molecule has 7 unspecified atom stereocenters. The van der Waals surface area contributed by atoms with Gasteiger partial charge in [0.2, 0.25) is 5.91 Å². The summed E-state index contributed by atoms with van der Waals surface area (Å²) in [4.78, 5) is 12.7. The van der Waals surface area contributed by atoms with Crippen molar-refractivity contribution < 1.29 is 39.8 Å². The lowest BCUT2D eigenvalue weighted by atomic mass is 9.99. The zero-order valence-electron chi connectivity index (χ0n) is 25.8. The number of aliphatic hydroxyl groups is 5. The summed E-state index contributed by atoms with van der Waals surface area (Å²) in [6.07, 6.45) is 16.0. The van der Waals surface area contributed by atoms with E-state index in [4.69, 9.17) is 9.47 Å². The highest BCUT2D eigenvalue weighted by molar-refractivity contribution is 5.76. The van der Waals surface area contributed by atoms with Gasteiger partial charge in [-0.2, -0.15) is 0 Å². The second-order valence-corrected chi connectivity index (χ2v) is 11.6. The van der Waals surface area contributed by atoms with Gasteiger partial charge < -0.3 is 40.3 Å². The molecule has 242 valence electrons. The molecule has 0 saturated carbocycles. The normalized spacial score (nSPS) is 24.5. The molecule has 9 nitrogen and oxygen atoms in total. The molecule has 0 radical (unpaired) electrons. The second kappa shape index (κ2) is 24.4. The number of rotatable bonds is 25. The molecule has 0 aliphatic carbocycles. The van der Waals surface area contributed by atoms with Crippen molar-refractivity contribution in [3.05, 3.63) is 12.2 Å². The zero-order chi connectivity index (χ0) is 30.3. The largest absolute Gasteiger partial charge is 0.394 e. The highest BCUT2D eigenvalue weighted by Gasteiger charge is 2.44. The highest BCUT2D eigenvalue weighted by atomic mass is 16.7. The molecular formula is C32H61NO8. The monoisotopic (exact) mass is 587 g/mol. The van der Waals surface area contributed by atoms with Crippen LogP contribution in [0.1, 0.15) is 129 Å². The fourth-order valence-electron chi connectivity index (χ4n) is 5.08. The van der Waals surface area contributed by atoms with Crippen LogP contribution in [0.25, 0.3) is 0 Å². The lowest BCUT2D eigenvalue weighted by Gasteiger charge is -2.40. The van der Waals surface area contributed by atoms with Gasteiger partial charge in [-0.25, -0.2) is 0 Å². The summed E-state index contributed by atoms with van der Waals surface area (Å²) < 4.78 is 11.0. The number of hydrogen-bond donors (Lipinski definition) is 6. The van der Waals surface area contributed by atoms with E-state index in [2.05, 4.69) is 19.2 Å². The van der Waals surface area contributed by atoms with Gasteiger partial charge in [0, 0.05) is 6.42 Å². The standard InChI is InChI=1S/C32H61NO8/c1-3-5-7-9-10-11-12-13-14-15-16-17-18-20-22-28(36)33-25(26(35)21-19-8-6-4-2)24-40-32-31(39)30(38)29(37)27(23-34)41-32/h19,21,25-27,29-32,34-35,37-39H,3-18,20,22-24H2,1-2H3,(H,33,36)/b21-19+. The SMILES string of the molecule is CCCC/C=C/C(O)C(COC1OC(CO)C(O)C(O)C1O)NC(=O)CCCCCCCCCCCCCCCC. The quantitative estimate of drug-likeness (QED) is 0.0685. The van der Waals surface area contributed by atoms with E-state index in [1.54, 1.807) is 6.08 Å². The number of amides is 1. The number of carbonyl (C=O) groups excluding carboxylic acids is 1. The van der Waals surface area contributed by atoms with E-state index in [1.165, 1.54) is 70.6 Å². The molecule has 9 heteroatoms. The van der Waals surface area contributed by atoms with Crippen LogP contribution in [-0.4, -0.2) is 87.5 Å². The molecule has 1 amide bonds. The molecule has 1 aliphatic rings. The van der Waals surface area contributed by atoms with Crippen LogP contribution in [0.4, 0.5) is 0 Å². The first-order valence-electron chi connectivity index (χ1n) is 16.4. The molecule has 1 fully saturated rings. The lowest BCUT2D eigenvalue weighted by Crippen LogP contribution is -2.60. The first-order chi connectivity index (χ1) is 19.8. The molecule has 6 N–H and O–H groups in total. The topological polar surface area (TPSA) is 149 Å². The molecule has 7 atom stereocenters. The number of carbonyl (C=O) groups is 1. The van der Waals surface area contributed by atoms with Crippen molar-refractivity contribution >= 4 is 5.91 Å². The summed E-state index contributed by atoms with van der Waals surface area (Å²) >= 11 is 0. The minimum atomic E-state index is -1.56. The van der Waals surface area contributed by atoms with Crippen molar-refractivity contribution in [1.29, 1.82) is 0 Å². The molecule has 0 spiro atoms. The van der Waals surface area contributed by atoms with Crippen LogP contribution in [0.3, 0.4) is 0 Å². The fourth-order valence-corrected chi connectivity index (χ4v) is 5.08. The molecule has 1 saturated heterocycles. The maximum absolute atomic E-state index is 12.7. The summed E-state index contributed by atoms with van der Waals surface area (Å²) in [5.41, 5.74) is 0. The number of unbranched alkanes of at least 4 members (excludes halogenated alkanes) is 15. The van der Waals surface area contributed by atoms with E-state index in [1.807, 2.05) is 6.08 Å². The molecule has 0 aromatic heterocycles. The summed E-state index contributed by atoms with van der Waals surface area (Å²) in [5.74, 6) is -0.188. The Balaban J connectivity index is 2.37. The van der Waals surface area contributed by atoms with Gasteiger partial charge in [0.05, 0.1) is 25.4 Å². The average Bonchev–Trinajstić information content (AvgIpc) is 2.97. The van der Waals surface area contributed by atoms with Gasteiger partial charge in [0.1, 0.15) is 24.4 Å². The summed E-state index contributed by atoms with van der Waals surface area (Å²) in [7, 11) is 0. The third-order valence-corrected chi connectivity index (χ3v) is 7.86. The van der Waals surface area contributed by atoms with Crippen molar-refractivity contribution in [2.75, 3.05) is 13.2 Å². The molecule has 41 heavy (non-hydrogen) atoms. The van der Waals surface area contributed by atoms with Crippen LogP contribution in [0.5, 0.6) is 0 Å². The van der Waals surface area contributed by atoms with Gasteiger partial charge in [-0.3, -0.25) is 4.79 Å². The molecule has 0 bridgehead atoms. The first-order valence-corrected chi connectivity index (χ1v) is 16.4. The van der Waals surface area contributed by atoms with Crippen LogP contribution < -0.4 is 5.32 Å². The molecule has 0 aromatic rings. The maximum atomic E-state index is 12.7. The smallest absolute Gasteiger partial charge is 0.220 e. The minimum absolute atomic E-state index is 0.188. The Morgan fingerprint density at radius 1 is 0.805 bits per heavy atom. The Bertz CT molecular complexity index is 662.